The van der Waals surface area contributed by atoms with Crippen LogP contribution in [0.3, 0.4) is 0 Å². The molecule has 4 heteroatoms. The van der Waals surface area contributed by atoms with Gasteiger partial charge in [0.15, 0.2) is 0 Å². The Morgan fingerprint density at radius 2 is 2.42 bits per heavy atom. The average molecular weight is 172 g/mol. The number of carbonyl (C=O) groups is 2. The normalized spacial score (nSPS) is 28.3. The SMILES string of the molecule is CC[C@H]1CC(=O)O[C@@H]1OC(C)=O. The number of hydrogen-bond acceptors (Lipinski definition) is 4. The van der Waals surface area contributed by atoms with Gasteiger partial charge in [-0.05, 0) is 6.42 Å². The molecule has 0 N–H and O–H groups in total. The molecule has 0 aliphatic carbocycles. The van der Waals surface area contributed by atoms with Crippen LogP contribution in [0.1, 0.15) is 26.7 Å². The second-order valence-corrected chi connectivity index (χ2v) is 2.84. The van der Waals surface area contributed by atoms with E-state index in [1.807, 2.05) is 6.92 Å². The van der Waals surface area contributed by atoms with Crippen molar-refractivity contribution in [2.24, 2.45) is 5.92 Å². The van der Waals surface area contributed by atoms with E-state index in [4.69, 9.17) is 9.47 Å². The third-order valence-corrected chi connectivity index (χ3v) is 1.87. The molecule has 0 spiro atoms. The molecular formula is C8H12O4. The van der Waals surface area contributed by atoms with Crippen molar-refractivity contribution in [3.63, 3.8) is 0 Å². The number of rotatable bonds is 2. The van der Waals surface area contributed by atoms with Gasteiger partial charge in [0, 0.05) is 12.8 Å². The van der Waals surface area contributed by atoms with Crippen molar-refractivity contribution >= 4 is 11.9 Å². The van der Waals surface area contributed by atoms with Gasteiger partial charge in [-0.3, -0.25) is 9.59 Å². The molecule has 1 heterocycles. The van der Waals surface area contributed by atoms with E-state index >= 15 is 0 Å². The van der Waals surface area contributed by atoms with Gasteiger partial charge in [0.25, 0.3) is 6.29 Å². The molecule has 12 heavy (non-hydrogen) atoms. The Bertz CT molecular complexity index is 199. The molecular weight excluding hydrogens is 160 g/mol. The number of hydrogen-bond donors (Lipinski definition) is 0. The first-order valence-electron chi connectivity index (χ1n) is 4.00. The summed E-state index contributed by atoms with van der Waals surface area (Å²) in [6, 6.07) is 0. The van der Waals surface area contributed by atoms with Crippen LogP contribution in [-0.4, -0.2) is 18.2 Å². The maximum Gasteiger partial charge on any atom is 0.309 e. The first kappa shape index (κ1) is 9.03. The van der Waals surface area contributed by atoms with E-state index in [0.29, 0.717) is 6.42 Å². The summed E-state index contributed by atoms with van der Waals surface area (Å²) < 4.78 is 9.60. The lowest BCUT2D eigenvalue weighted by Crippen LogP contribution is -2.21. The topological polar surface area (TPSA) is 52.6 Å². The summed E-state index contributed by atoms with van der Waals surface area (Å²) in [6.07, 6.45) is 0.484. The minimum absolute atomic E-state index is 0.0291. The summed E-state index contributed by atoms with van der Waals surface area (Å²) in [6.45, 7) is 3.24. The Balaban J connectivity index is 2.51. The van der Waals surface area contributed by atoms with Crippen molar-refractivity contribution in [1.29, 1.82) is 0 Å². The third-order valence-electron chi connectivity index (χ3n) is 1.87. The average Bonchev–Trinajstić information content (AvgIpc) is 2.29. The van der Waals surface area contributed by atoms with E-state index in [0.717, 1.165) is 6.42 Å². The van der Waals surface area contributed by atoms with Crippen LogP contribution in [0.25, 0.3) is 0 Å². The Morgan fingerprint density at radius 1 is 1.75 bits per heavy atom. The van der Waals surface area contributed by atoms with E-state index in [2.05, 4.69) is 0 Å². The molecule has 0 amide bonds. The zero-order valence-electron chi connectivity index (χ0n) is 7.20. The maximum atomic E-state index is 10.8. The summed E-state index contributed by atoms with van der Waals surface area (Å²) in [4.78, 5) is 21.3. The van der Waals surface area contributed by atoms with E-state index in [9.17, 15) is 9.59 Å². The highest BCUT2D eigenvalue weighted by Gasteiger charge is 2.35. The fourth-order valence-corrected chi connectivity index (χ4v) is 1.20. The van der Waals surface area contributed by atoms with Gasteiger partial charge in [-0.25, -0.2) is 0 Å². The zero-order valence-corrected chi connectivity index (χ0v) is 7.20. The molecule has 1 aliphatic rings. The van der Waals surface area contributed by atoms with E-state index in [-0.39, 0.29) is 11.9 Å². The third kappa shape index (κ3) is 1.96. The summed E-state index contributed by atoms with van der Waals surface area (Å²) >= 11 is 0. The number of cyclic esters (lactones) is 1. The fourth-order valence-electron chi connectivity index (χ4n) is 1.20. The lowest BCUT2D eigenvalue weighted by molar-refractivity contribution is -0.179. The monoisotopic (exact) mass is 172 g/mol. The van der Waals surface area contributed by atoms with Crippen LogP contribution < -0.4 is 0 Å². The summed E-state index contributed by atoms with van der Waals surface area (Å²) in [7, 11) is 0. The molecule has 1 aliphatic heterocycles. The zero-order chi connectivity index (χ0) is 9.14. The molecule has 1 fully saturated rings. The van der Waals surface area contributed by atoms with Gasteiger partial charge >= 0.3 is 11.9 Å². The van der Waals surface area contributed by atoms with Crippen LogP contribution in [0.15, 0.2) is 0 Å². The van der Waals surface area contributed by atoms with Crippen molar-refractivity contribution in [2.75, 3.05) is 0 Å². The van der Waals surface area contributed by atoms with Crippen LogP contribution in [0.4, 0.5) is 0 Å². The van der Waals surface area contributed by atoms with Crippen molar-refractivity contribution in [3.05, 3.63) is 0 Å². The van der Waals surface area contributed by atoms with Gasteiger partial charge in [0.05, 0.1) is 6.42 Å². The van der Waals surface area contributed by atoms with Gasteiger partial charge in [0.2, 0.25) is 0 Å². The van der Waals surface area contributed by atoms with Gasteiger partial charge < -0.3 is 9.47 Å². The maximum absolute atomic E-state index is 10.8. The van der Waals surface area contributed by atoms with Crippen molar-refractivity contribution in [1.82, 2.24) is 0 Å². The molecule has 1 rings (SSSR count). The van der Waals surface area contributed by atoms with Crippen molar-refractivity contribution in [3.8, 4) is 0 Å². The second kappa shape index (κ2) is 3.56. The molecule has 68 valence electrons. The molecule has 0 saturated carbocycles. The highest BCUT2D eigenvalue weighted by molar-refractivity contribution is 5.73. The molecule has 0 bridgehead atoms. The largest absolute Gasteiger partial charge is 0.425 e. The molecule has 0 unspecified atom stereocenters. The van der Waals surface area contributed by atoms with Crippen LogP contribution in [0.2, 0.25) is 0 Å². The highest BCUT2D eigenvalue weighted by Crippen LogP contribution is 2.25. The molecule has 0 radical (unpaired) electrons. The van der Waals surface area contributed by atoms with Crippen LogP contribution in [-0.2, 0) is 19.1 Å². The first-order valence-corrected chi connectivity index (χ1v) is 4.00. The molecule has 2 atom stereocenters. The highest BCUT2D eigenvalue weighted by atomic mass is 16.7. The second-order valence-electron chi connectivity index (χ2n) is 2.84. The Morgan fingerprint density at radius 3 is 2.92 bits per heavy atom. The summed E-state index contributed by atoms with van der Waals surface area (Å²) in [5.74, 6) is -0.664. The van der Waals surface area contributed by atoms with Gasteiger partial charge in [-0.2, -0.15) is 0 Å². The van der Waals surface area contributed by atoms with Crippen molar-refractivity contribution in [2.45, 2.75) is 33.0 Å². The van der Waals surface area contributed by atoms with Crippen LogP contribution in [0, 0.1) is 5.92 Å². The Hall–Kier alpha value is -1.06. The fraction of sp³-hybridized carbons (Fsp3) is 0.750. The minimum Gasteiger partial charge on any atom is -0.425 e. The molecule has 1 saturated heterocycles. The standard InChI is InChI=1S/C8H12O4/c1-3-6-4-7(10)12-8(6)11-5(2)9/h6,8H,3-4H2,1-2H3/t6-,8-/m0/s1. The van der Waals surface area contributed by atoms with Crippen LogP contribution in [0.5, 0.6) is 0 Å². The predicted octanol–water partition coefficient (Wildman–Crippen LogP) is 0.849. The Kier molecular flexibility index (Phi) is 2.68. The lowest BCUT2D eigenvalue weighted by Gasteiger charge is -2.14. The van der Waals surface area contributed by atoms with Gasteiger partial charge in [-0.1, -0.05) is 6.92 Å². The number of carbonyl (C=O) groups excluding carboxylic acids is 2. The predicted molar refractivity (Wildman–Crippen MR) is 40.0 cm³/mol. The smallest absolute Gasteiger partial charge is 0.309 e. The first-order chi connectivity index (χ1) is 5.63. The van der Waals surface area contributed by atoms with Crippen LogP contribution >= 0.6 is 0 Å². The number of esters is 2. The van der Waals surface area contributed by atoms with E-state index in [1.165, 1.54) is 6.92 Å². The molecule has 0 aromatic heterocycles. The molecule has 0 aromatic rings. The van der Waals surface area contributed by atoms with E-state index in [1.54, 1.807) is 0 Å². The summed E-state index contributed by atoms with van der Waals surface area (Å²) in [5.41, 5.74) is 0. The van der Waals surface area contributed by atoms with Gasteiger partial charge in [-0.15, -0.1) is 0 Å². The summed E-state index contributed by atoms with van der Waals surface area (Å²) in [5, 5.41) is 0. The molecule has 0 aromatic carbocycles. The quantitative estimate of drug-likeness (QED) is 0.579. The number of ether oxygens (including phenoxy) is 2. The van der Waals surface area contributed by atoms with Crippen molar-refractivity contribution < 1.29 is 19.1 Å². The lowest BCUT2D eigenvalue weighted by atomic mass is 10.1. The Labute approximate surface area is 70.8 Å². The van der Waals surface area contributed by atoms with Gasteiger partial charge in [0.1, 0.15) is 0 Å². The van der Waals surface area contributed by atoms with E-state index < -0.39 is 12.3 Å². The minimum atomic E-state index is -0.653. The molecule has 4 nitrogen and oxygen atoms in total.